The van der Waals surface area contributed by atoms with E-state index in [1.165, 1.54) is 0 Å². The van der Waals surface area contributed by atoms with Gasteiger partial charge in [0.15, 0.2) is 6.29 Å². The molecule has 3 rings (SSSR count). The lowest BCUT2D eigenvalue weighted by Crippen LogP contribution is -2.44. The van der Waals surface area contributed by atoms with Crippen molar-refractivity contribution in [2.24, 2.45) is 5.92 Å². The van der Waals surface area contributed by atoms with E-state index in [-0.39, 0.29) is 24.7 Å². The van der Waals surface area contributed by atoms with Crippen LogP contribution in [0.5, 0.6) is 0 Å². The molecule has 7 heteroatoms. The largest absolute Gasteiger partial charge is 0.445 e. The summed E-state index contributed by atoms with van der Waals surface area (Å²) in [5.74, 6) is 0.383. The van der Waals surface area contributed by atoms with Crippen molar-refractivity contribution in [3.63, 3.8) is 0 Å². The molecule has 2 fully saturated rings. The highest BCUT2D eigenvalue weighted by Gasteiger charge is 2.32. The first kappa shape index (κ1) is 19.6. The van der Waals surface area contributed by atoms with Crippen molar-refractivity contribution in [1.29, 1.82) is 0 Å². The number of hydrogen-bond donors (Lipinski definition) is 1. The molecule has 2 saturated heterocycles. The Balaban J connectivity index is 1.29. The predicted octanol–water partition coefficient (Wildman–Crippen LogP) is 2.30. The third-order valence-electron chi connectivity index (χ3n) is 4.89. The smallest absolute Gasteiger partial charge is 0.407 e. The number of carbonyl (C=O) groups is 2. The number of nitrogens with zero attached hydrogens (tertiary/aromatic N) is 1. The van der Waals surface area contributed by atoms with Crippen molar-refractivity contribution in [2.45, 2.75) is 38.6 Å². The van der Waals surface area contributed by atoms with Crippen LogP contribution in [-0.4, -0.2) is 56.0 Å². The van der Waals surface area contributed by atoms with Crippen molar-refractivity contribution in [1.82, 2.24) is 10.2 Å². The minimum atomic E-state index is -0.458. The van der Waals surface area contributed by atoms with E-state index in [0.717, 1.165) is 24.9 Å². The van der Waals surface area contributed by atoms with E-state index in [4.69, 9.17) is 14.2 Å². The lowest BCUT2D eigenvalue weighted by molar-refractivity contribution is -0.139. The zero-order valence-electron chi connectivity index (χ0n) is 15.6. The number of benzene rings is 1. The van der Waals surface area contributed by atoms with Crippen LogP contribution in [0.25, 0.3) is 0 Å². The molecule has 0 radical (unpaired) electrons. The second-order valence-corrected chi connectivity index (χ2v) is 6.94. The summed E-state index contributed by atoms with van der Waals surface area (Å²) in [6.45, 7) is 3.42. The zero-order chi connectivity index (χ0) is 18.9. The highest BCUT2D eigenvalue weighted by molar-refractivity contribution is 5.76. The van der Waals surface area contributed by atoms with E-state index >= 15 is 0 Å². The third-order valence-corrected chi connectivity index (χ3v) is 4.89. The maximum atomic E-state index is 12.4. The Morgan fingerprint density at radius 1 is 1.19 bits per heavy atom. The molecule has 7 nitrogen and oxygen atoms in total. The number of amides is 2. The quantitative estimate of drug-likeness (QED) is 0.739. The Kier molecular flexibility index (Phi) is 7.47. The molecule has 1 unspecified atom stereocenters. The topological polar surface area (TPSA) is 77.1 Å². The molecule has 0 aliphatic carbocycles. The molecule has 0 spiro atoms. The van der Waals surface area contributed by atoms with Gasteiger partial charge in [-0.3, -0.25) is 4.79 Å². The Labute approximate surface area is 160 Å². The fourth-order valence-electron chi connectivity index (χ4n) is 3.47. The van der Waals surface area contributed by atoms with Gasteiger partial charge in [-0.25, -0.2) is 4.79 Å². The van der Waals surface area contributed by atoms with Gasteiger partial charge in [0, 0.05) is 32.0 Å². The Morgan fingerprint density at radius 3 is 2.74 bits per heavy atom. The zero-order valence-corrected chi connectivity index (χ0v) is 15.6. The number of carbonyl (C=O) groups excluding carboxylic acids is 2. The summed E-state index contributed by atoms with van der Waals surface area (Å²) in [6, 6.07) is 9.52. The van der Waals surface area contributed by atoms with Crippen LogP contribution in [0, 0.1) is 5.92 Å². The predicted molar refractivity (Wildman–Crippen MR) is 98.9 cm³/mol. The van der Waals surface area contributed by atoms with Crippen molar-refractivity contribution in [2.75, 3.05) is 32.8 Å². The molecule has 0 saturated carbocycles. The van der Waals surface area contributed by atoms with E-state index in [2.05, 4.69) is 5.32 Å². The van der Waals surface area contributed by atoms with Crippen molar-refractivity contribution < 1.29 is 23.8 Å². The maximum Gasteiger partial charge on any atom is 0.407 e. The van der Waals surface area contributed by atoms with Gasteiger partial charge in [0.25, 0.3) is 0 Å². The van der Waals surface area contributed by atoms with Crippen molar-refractivity contribution >= 4 is 12.0 Å². The number of nitrogens with one attached hydrogen (secondary N) is 1. The summed E-state index contributed by atoms with van der Waals surface area (Å²) in [7, 11) is 0. The van der Waals surface area contributed by atoms with Gasteiger partial charge in [-0.15, -0.1) is 0 Å². The first-order valence-corrected chi connectivity index (χ1v) is 9.68. The summed E-state index contributed by atoms with van der Waals surface area (Å²) in [5, 5.41) is 2.69. The molecule has 0 aromatic heterocycles. The van der Waals surface area contributed by atoms with Crippen LogP contribution in [0.2, 0.25) is 0 Å². The van der Waals surface area contributed by atoms with Crippen LogP contribution in [-0.2, 0) is 25.6 Å². The average molecular weight is 376 g/mol. The molecule has 1 aromatic rings. The molecule has 0 bridgehead atoms. The first-order chi connectivity index (χ1) is 13.2. The summed E-state index contributed by atoms with van der Waals surface area (Å²) in [6.07, 6.45) is 2.39. The fourth-order valence-corrected chi connectivity index (χ4v) is 3.47. The first-order valence-electron chi connectivity index (χ1n) is 9.68. The highest BCUT2D eigenvalue weighted by Crippen LogP contribution is 2.25. The average Bonchev–Trinajstić information content (AvgIpc) is 3.25. The van der Waals surface area contributed by atoms with Crippen LogP contribution in [0.1, 0.15) is 31.2 Å². The van der Waals surface area contributed by atoms with Gasteiger partial charge in [0.05, 0.1) is 13.2 Å². The Hall–Kier alpha value is -2.12. The highest BCUT2D eigenvalue weighted by atomic mass is 16.7. The molecule has 1 aromatic carbocycles. The summed E-state index contributed by atoms with van der Waals surface area (Å²) >= 11 is 0. The van der Waals surface area contributed by atoms with Gasteiger partial charge in [-0.2, -0.15) is 0 Å². The summed E-state index contributed by atoms with van der Waals surface area (Å²) in [5.41, 5.74) is 0.942. The molecule has 2 amide bonds. The molecule has 2 heterocycles. The molecular formula is C20H28N2O5. The van der Waals surface area contributed by atoms with Crippen LogP contribution in [0.15, 0.2) is 30.3 Å². The number of ether oxygens (including phenoxy) is 3. The van der Waals surface area contributed by atoms with Crippen LogP contribution in [0.3, 0.4) is 0 Å². The molecule has 2 aliphatic rings. The number of likely N-dealkylation sites (tertiary alicyclic amines) is 1. The van der Waals surface area contributed by atoms with Gasteiger partial charge < -0.3 is 24.4 Å². The number of rotatable bonds is 7. The van der Waals surface area contributed by atoms with Crippen molar-refractivity contribution in [3.05, 3.63) is 35.9 Å². The molecule has 2 aliphatic heterocycles. The Morgan fingerprint density at radius 2 is 1.96 bits per heavy atom. The second kappa shape index (κ2) is 10.3. The molecule has 148 valence electrons. The number of alkyl carbamates (subject to hydrolysis) is 1. The van der Waals surface area contributed by atoms with E-state index < -0.39 is 6.09 Å². The molecular weight excluding hydrogens is 348 g/mol. The van der Waals surface area contributed by atoms with Gasteiger partial charge in [0.2, 0.25) is 5.91 Å². The van der Waals surface area contributed by atoms with Gasteiger partial charge >= 0.3 is 6.09 Å². The monoisotopic (exact) mass is 376 g/mol. The molecule has 1 N–H and O–H groups in total. The normalized spacial score (nSPS) is 20.4. The van der Waals surface area contributed by atoms with E-state index in [1.54, 1.807) is 0 Å². The number of piperidine rings is 1. The summed E-state index contributed by atoms with van der Waals surface area (Å²) in [4.78, 5) is 26.0. The molecule has 27 heavy (non-hydrogen) atoms. The van der Waals surface area contributed by atoms with E-state index in [0.29, 0.717) is 39.1 Å². The summed E-state index contributed by atoms with van der Waals surface area (Å²) < 4.78 is 16.3. The van der Waals surface area contributed by atoms with Gasteiger partial charge in [0.1, 0.15) is 6.61 Å². The maximum absolute atomic E-state index is 12.4. The standard InChI is InChI=1S/C20H28N2O5/c23-18(22-11-5-8-17(14-22)19-25-12-13-26-19)9-4-10-21-20(24)27-15-16-6-2-1-3-7-16/h1-3,6-7,17,19H,4-5,8-15H2,(H,21,24). The minimum absolute atomic E-state index is 0.122. The lowest BCUT2D eigenvalue weighted by Gasteiger charge is -2.34. The van der Waals surface area contributed by atoms with E-state index in [1.807, 2.05) is 35.2 Å². The fraction of sp³-hybridized carbons (Fsp3) is 0.600. The van der Waals surface area contributed by atoms with Crippen molar-refractivity contribution in [3.8, 4) is 0 Å². The van der Waals surface area contributed by atoms with Crippen LogP contribution >= 0.6 is 0 Å². The lowest BCUT2D eigenvalue weighted by atomic mass is 9.97. The SMILES string of the molecule is O=C(NCCCC(=O)N1CCCC(C2OCCO2)C1)OCc1ccccc1. The second-order valence-electron chi connectivity index (χ2n) is 6.94. The third kappa shape index (κ3) is 6.22. The van der Waals surface area contributed by atoms with E-state index in [9.17, 15) is 9.59 Å². The Bertz CT molecular complexity index is 604. The van der Waals surface area contributed by atoms with Crippen LogP contribution < -0.4 is 5.32 Å². The molecule has 1 atom stereocenters. The van der Waals surface area contributed by atoms with Gasteiger partial charge in [-0.05, 0) is 24.8 Å². The minimum Gasteiger partial charge on any atom is -0.445 e. The van der Waals surface area contributed by atoms with Gasteiger partial charge in [-0.1, -0.05) is 30.3 Å². The number of hydrogen-bond acceptors (Lipinski definition) is 5. The van der Waals surface area contributed by atoms with Crippen LogP contribution in [0.4, 0.5) is 4.79 Å².